The highest BCUT2D eigenvalue weighted by Gasteiger charge is 2.16. The molecule has 124 valence electrons. The fourth-order valence-electron chi connectivity index (χ4n) is 2.03. The highest BCUT2D eigenvalue weighted by Crippen LogP contribution is 2.29. The van der Waals surface area contributed by atoms with Crippen LogP contribution < -0.4 is 5.32 Å². The van der Waals surface area contributed by atoms with Crippen LogP contribution in [0.2, 0.25) is 0 Å². The molecule has 0 saturated carbocycles. The van der Waals surface area contributed by atoms with Gasteiger partial charge in [0.25, 0.3) is 5.91 Å². The molecule has 1 N–H and O–H groups in total. The molecule has 0 saturated heterocycles. The van der Waals surface area contributed by atoms with Crippen molar-refractivity contribution in [3.8, 4) is 0 Å². The predicted octanol–water partition coefficient (Wildman–Crippen LogP) is 3.70. The maximum absolute atomic E-state index is 13.5. The van der Waals surface area contributed by atoms with Crippen molar-refractivity contribution in [2.75, 3.05) is 11.6 Å². The van der Waals surface area contributed by atoms with Crippen molar-refractivity contribution in [1.82, 2.24) is 4.98 Å². The second-order valence-electron chi connectivity index (χ2n) is 4.98. The van der Waals surface area contributed by atoms with Crippen molar-refractivity contribution in [2.24, 2.45) is 0 Å². The summed E-state index contributed by atoms with van der Waals surface area (Å²) in [5, 5.41) is 2.94. The first-order valence-electron chi connectivity index (χ1n) is 6.62. The minimum Gasteiger partial charge on any atom is -0.298 e. The summed E-state index contributed by atoms with van der Waals surface area (Å²) in [5.41, 5.74) is 0.795. The number of halogens is 2. The number of hydrogen-bond acceptors (Lipinski definition) is 5. The molecule has 0 unspecified atom stereocenters. The molecule has 0 aliphatic heterocycles. The fourth-order valence-corrected chi connectivity index (χ4v) is 4.26. The fraction of sp³-hybridized carbons (Fsp3) is 0.0667. The van der Waals surface area contributed by atoms with Gasteiger partial charge in [0.2, 0.25) is 0 Å². The van der Waals surface area contributed by atoms with Gasteiger partial charge < -0.3 is 0 Å². The Balaban J connectivity index is 1.93. The smallest absolute Gasteiger partial charge is 0.258 e. The first-order valence-corrected chi connectivity index (χ1v) is 10.4. The van der Waals surface area contributed by atoms with Crippen LogP contribution in [0.15, 0.2) is 41.3 Å². The average Bonchev–Trinajstić information content (AvgIpc) is 2.90. The van der Waals surface area contributed by atoms with Gasteiger partial charge in [0.1, 0.15) is 5.82 Å². The monoisotopic (exact) mass is 476 g/mol. The van der Waals surface area contributed by atoms with Gasteiger partial charge in [-0.15, -0.1) is 0 Å². The molecule has 0 atom stereocenters. The second-order valence-corrected chi connectivity index (χ2v) is 9.10. The SMILES string of the molecule is CS(=O)(=O)c1ccc2nc(NC(=O)c3cccc(F)c3I)sc2c1. The summed E-state index contributed by atoms with van der Waals surface area (Å²) in [7, 11) is -3.31. The van der Waals surface area contributed by atoms with Crippen molar-refractivity contribution in [2.45, 2.75) is 4.90 Å². The van der Waals surface area contributed by atoms with E-state index in [1.54, 1.807) is 28.7 Å². The van der Waals surface area contributed by atoms with Crippen molar-refractivity contribution in [3.05, 3.63) is 51.3 Å². The maximum atomic E-state index is 13.5. The molecule has 9 heteroatoms. The normalized spacial score (nSPS) is 11.6. The van der Waals surface area contributed by atoms with E-state index in [9.17, 15) is 17.6 Å². The number of amides is 1. The van der Waals surface area contributed by atoms with E-state index in [2.05, 4.69) is 10.3 Å². The van der Waals surface area contributed by atoms with Gasteiger partial charge in [0.15, 0.2) is 15.0 Å². The molecule has 0 bridgehead atoms. The summed E-state index contributed by atoms with van der Waals surface area (Å²) in [6.45, 7) is 0. The van der Waals surface area contributed by atoms with E-state index in [-0.39, 0.29) is 14.0 Å². The Morgan fingerprint density at radius 3 is 2.75 bits per heavy atom. The van der Waals surface area contributed by atoms with Crippen LogP contribution in [-0.4, -0.2) is 25.6 Å². The molecule has 0 fully saturated rings. The Hall–Kier alpha value is -1.59. The summed E-state index contributed by atoms with van der Waals surface area (Å²) in [6.07, 6.45) is 1.13. The quantitative estimate of drug-likeness (QED) is 0.586. The maximum Gasteiger partial charge on any atom is 0.258 e. The lowest BCUT2D eigenvalue weighted by Crippen LogP contribution is -2.13. The third-order valence-electron chi connectivity index (χ3n) is 3.20. The summed E-state index contributed by atoms with van der Waals surface area (Å²) < 4.78 is 37.6. The van der Waals surface area contributed by atoms with E-state index >= 15 is 0 Å². The minimum atomic E-state index is -3.31. The van der Waals surface area contributed by atoms with Crippen LogP contribution in [0.25, 0.3) is 10.2 Å². The molecule has 3 aromatic rings. The standard InChI is InChI=1S/C15H10FIN2O3S2/c1-24(21,22)8-5-6-11-12(7-8)23-15(18-11)19-14(20)9-3-2-4-10(16)13(9)17/h2-7H,1H3,(H,18,19,20). The number of sulfone groups is 1. The van der Waals surface area contributed by atoms with Crippen molar-refractivity contribution < 1.29 is 17.6 Å². The van der Waals surface area contributed by atoms with Crippen LogP contribution in [0.5, 0.6) is 0 Å². The molecule has 0 aliphatic carbocycles. The number of fused-ring (bicyclic) bond motifs is 1. The van der Waals surface area contributed by atoms with Crippen molar-refractivity contribution >= 4 is 65.0 Å². The van der Waals surface area contributed by atoms with Crippen LogP contribution in [0.1, 0.15) is 10.4 Å². The van der Waals surface area contributed by atoms with Crippen LogP contribution in [-0.2, 0) is 9.84 Å². The molecular weight excluding hydrogens is 466 g/mol. The molecule has 24 heavy (non-hydrogen) atoms. The topological polar surface area (TPSA) is 76.1 Å². The van der Waals surface area contributed by atoms with E-state index in [1.807, 2.05) is 0 Å². The lowest BCUT2D eigenvalue weighted by molar-refractivity contribution is 0.102. The lowest BCUT2D eigenvalue weighted by Gasteiger charge is -2.04. The Morgan fingerprint density at radius 1 is 1.29 bits per heavy atom. The molecule has 1 aromatic heterocycles. The zero-order valence-corrected chi connectivity index (χ0v) is 16.0. The van der Waals surface area contributed by atoms with Gasteiger partial charge in [-0.3, -0.25) is 10.1 Å². The molecule has 1 heterocycles. The van der Waals surface area contributed by atoms with Gasteiger partial charge in [-0.1, -0.05) is 17.4 Å². The van der Waals surface area contributed by atoms with E-state index in [1.165, 1.54) is 30.3 Å². The molecule has 5 nitrogen and oxygen atoms in total. The van der Waals surface area contributed by atoms with Crippen LogP contribution in [0.3, 0.4) is 0 Å². The number of nitrogens with one attached hydrogen (secondary N) is 1. The summed E-state index contributed by atoms with van der Waals surface area (Å²) >= 11 is 2.93. The molecular formula is C15H10FIN2O3S2. The van der Waals surface area contributed by atoms with Gasteiger partial charge in [-0.2, -0.15) is 0 Å². The van der Waals surface area contributed by atoms with E-state index in [0.29, 0.717) is 15.3 Å². The number of thiazole rings is 1. The van der Waals surface area contributed by atoms with Gasteiger partial charge in [-0.05, 0) is 52.9 Å². The average molecular weight is 476 g/mol. The second kappa shape index (κ2) is 6.37. The number of hydrogen-bond donors (Lipinski definition) is 1. The number of anilines is 1. The van der Waals surface area contributed by atoms with Crippen molar-refractivity contribution in [1.29, 1.82) is 0 Å². The number of carbonyl (C=O) groups is 1. The van der Waals surface area contributed by atoms with Crippen LogP contribution >= 0.6 is 33.9 Å². The minimum absolute atomic E-state index is 0.191. The molecule has 0 spiro atoms. The Labute approximate surface area is 155 Å². The Kier molecular flexibility index (Phi) is 4.58. The zero-order valence-electron chi connectivity index (χ0n) is 12.2. The highest BCUT2D eigenvalue weighted by atomic mass is 127. The first kappa shape index (κ1) is 17.2. The van der Waals surface area contributed by atoms with Gasteiger partial charge in [0.05, 0.1) is 24.2 Å². The molecule has 1 amide bonds. The van der Waals surface area contributed by atoms with Crippen molar-refractivity contribution in [3.63, 3.8) is 0 Å². The number of carbonyl (C=O) groups excluding carboxylic acids is 1. The number of nitrogens with zero attached hydrogens (tertiary/aromatic N) is 1. The van der Waals surface area contributed by atoms with Gasteiger partial charge >= 0.3 is 0 Å². The highest BCUT2D eigenvalue weighted by molar-refractivity contribution is 14.1. The Bertz CT molecular complexity index is 1060. The molecule has 3 rings (SSSR count). The number of benzene rings is 2. The summed E-state index contributed by atoms with van der Waals surface area (Å²) in [5.74, 6) is -0.938. The van der Waals surface area contributed by atoms with E-state index in [0.717, 1.165) is 17.6 Å². The van der Waals surface area contributed by atoms with Gasteiger partial charge in [0, 0.05) is 6.26 Å². The van der Waals surface area contributed by atoms with E-state index < -0.39 is 21.6 Å². The Morgan fingerprint density at radius 2 is 2.04 bits per heavy atom. The zero-order chi connectivity index (χ0) is 17.5. The predicted molar refractivity (Wildman–Crippen MR) is 99.8 cm³/mol. The van der Waals surface area contributed by atoms with Crippen LogP contribution in [0, 0.1) is 9.39 Å². The summed E-state index contributed by atoms with van der Waals surface area (Å²) in [6, 6.07) is 8.84. The molecule has 0 aliphatic rings. The molecule has 2 aromatic carbocycles. The molecule has 0 radical (unpaired) electrons. The number of rotatable bonds is 3. The largest absolute Gasteiger partial charge is 0.298 e. The third-order valence-corrected chi connectivity index (χ3v) is 6.34. The number of aromatic nitrogens is 1. The van der Waals surface area contributed by atoms with Gasteiger partial charge in [-0.25, -0.2) is 17.8 Å². The first-order chi connectivity index (χ1) is 11.3. The third kappa shape index (κ3) is 3.42. The van der Waals surface area contributed by atoms with Crippen LogP contribution in [0.4, 0.5) is 9.52 Å². The van der Waals surface area contributed by atoms with E-state index in [4.69, 9.17) is 0 Å². The lowest BCUT2D eigenvalue weighted by atomic mass is 10.2. The summed E-state index contributed by atoms with van der Waals surface area (Å²) in [4.78, 5) is 16.7.